The minimum atomic E-state index is -0.408. The third kappa shape index (κ3) is 3.48. The van der Waals surface area contributed by atoms with Crippen LogP contribution in [-0.2, 0) is 6.61 Å². The van der Waals surface area contributed by atoms with Gasteiger partial charge in [0.25, 0.3) is 5.91 Å². The number of amides is 1. The van der Waals surface area contributed by atoms with Crippen LogP contribution in [0.25, 0.3) is 11.3 Å². The zero-order chi connectivity index (χ0) is 17.1. The summed E-state index contributed by atoms with van der Waals surface area (Å²) in [4.78, 5) is 12.3. The molecular weight excluding hydrogens is 328 g/mol. The molecule has 5 nitrogen and oxygen atoms in total. The normalized spacial score (nSPS) is 10.6. The summed E-state index contributed by atoms with van der Waals surface area (Å²) in [7, 11) is 0. The number of nitrogens with zero attached hydrogens (tertiary/aromatic N) is 1. The van der Waals surface area contributed by atoms with Crippen LogP contribution in [-0.4, -0.2) is 16.2 Å². The lowest BCUT2D eigenvalue weighted by atomic mass is 10.1. The SMILES string of the molecule is Cc1ccc(CO)cc1NC(=O)c1cc(-c2cccc(Cl)c2)no1. The molecule has 2 N–H and O–H groups in total. The van der Waals surface area contributed by atoms with Gasteiger partial charge in [-0.1, -0.05) is 41.0 Å². The zero-order valence-corrected chi connectivity index (χ0v) is 13.7. The molecule has 0 bridgehead atoms. The Labute approximate surface area is 143 Å². The van der Waals surface area contributed by atoms with Crippen LogP contribution in [0.2, 0.25) is 5.02 Å². The molecule has 0 radical (unpaired) electrons. The first-order valence-electron chi connectivity index (χ1n) is 7.31. The Kier molecular flexibility index (Phi) is 4.64. The van der Waals surface area contributed by atoms with Gasteiger partial charge in [-0.3, -0.25) is 4.79 Å². The Morgan fingerprint density at radius 2 is 2.08 bits per heavy atom. The van der Waals surface area contributed by atoms with Gasteiger partial charge in [-0.15, -0.1) is 0 Å². The van der Waals surface area contributed by atoms with Crippen LogP contribution in [0.1, 0.15) is 21.7 Å². The van der Waals surface area contributed by atoms with Crippen molar-refractivity contribution in [3.05, 3.63) is 70.4 Å². The lowest BCUT2D eigenvalue weighted by Crippen LogP contribution is -2.12. The molecule has 1 amide bonds. The van der Waals surface area contributed by atoms with Gasteiger partial charge in [0.1, 0.15) is 5.69 Å². The minimum absolute atomic E-state index is 0.0929. The Balaban J connectivity index is 1.82. The maximum atomic E-state index is 12.3. The molecule has 0 saturated carbocycles. The van der Waals surface area contributed by atoms with Gasteiger partial charge in [0, 0.05) is 22.3 Å². The lowest BCUT2D eigenvalue weighted by molar-refractivity contribution is 0.0988. The molecular formula is C18H15ClN2O3. The Morgan fingerprint density at radius 1 is 1.25 bits per heavy atom. The van der Waals surface area contributed by atoms with Crippen LogP contribution in [0.5, 0.6) is 0 Å². The topological polar surface area (TPSA) is 75.4 Å². The van der Waals surface area contributed by atoms with Gasteiger partial charge in [0.2, 0.25) is 5.76 Å². The maximum Gasteiger partial charge on any atom is 0.294 e. The quantitative estimate of drug-likeness (QED) is 0.750. The summed E-state index contributed by atoms with van der Waals surface area (Å²) in [5, 5.41) is 16.5. The number of benzene rings is 2. The summed E-state index contributed by atoms with van der Waals surface area (Å²) in [6, 6.07) is 14.1. The van der Waals surface area contributed by atoms with E-state index < -0.39 is 5.91 Å². The smallest absolute Gasteiger partial charge is 0.294 e. The van der Waals surface area contributed by atoms with E-state index in [1.807, 2.05) is 19.1 Å². The molecule has 1 heterocycles. The fourth-order valence-electron chi connectivity index (χ4n) is 2.25. The zero-order valence-electron chi connectivity index (χ0n) is 12.9. The average molecular weight is 343 g/mol. The molecule has 6 heteroatoms. The molecule has 122 valence electrons. The van der Waals surface area contributed by atoms with E-state index in [0.717, 1.165) is 11.1 Å². The van der Waals surface area contributed by atoms with Crippen LogP contribution >= 0.6 is 11.6 Å². The number of aryl methyl sites for hydroxylation is 1. The number of halogens is 1. The Bertz CT molecular complexity index is 889. The summed E-state index contributed by atoms with van der Waals surface area (Å²) < 4.78 is 5.13. The second kappa shape index (κ2) is 6.86. The van der Waals surface area contributed by atoms with Crippen molar-refractivity contribution in [3.8, 4) is 11.3 Å². The van der Waals surface area contributed by atoms with E-state index in [9.17, 15) is 9.90 Å². The van der Waals surface area contributed by atoms with Gasteiger partial charge < -0.3 is 14.9 Å². The van der Waals surface area contributed by atoms with E-state index in [-0.39, 0.29) is 12.4 Å². The fourth-order valence-corrected chi connectivity index (χ4v) is 2.44. The van der Waals surface area contributed by atoms with Crippen molar-refractivity contribution in [1.29, 1.82) is 0 Å². The monoisotopic (exact) mass is 342 g/mol. The summed E-state index contributed by atoms with van der Waals surface area (Å²) in [6.45, 7) is 1.78. The first-order valence-corrected chi connectivity index (χ1v) is 7.69. The van der Waals surface area contributed by atoms with Crippen LogP contribution in [0.4, 0.5) is 5.69 Å². The average Bonchev–Trinajstić information content (AvgIpc) is 3.07. The Hall–Kier alpha value is -2.63. The van der Waals surface area contributed by atoms with Gasteiger partial charge in [-0.2, -0.15) is 0 Å². The number of nitrogens with one attached hydrogen (secondary N) is 1. The number of aromatic nitrogens is 1. The maximum absolute atomic E-state index is 12.3. The van der Waals surface area contributed by atoms with E-state index in [1.54, 1.807) is 36.4 Å². The van der Waals surface area contributed by atoms with Gasteiger partial charge in [0.05, 0.1) is 6.61 Å². The molecule has 0 aliphatic carbocycles. The van der Waals surface area contributed by atoms with E-state index in [1.165, 1.54) is 0 Å². The van der Waals surface area contributed by atoms with E-state index in [0.29, 0.717) is 22.0 Å². The highest BCUT2D eigenvalue weighted by atomic mass is 35.5. The van der Waals surface area contributed by atoms with Crippen LogP contribution in [0.15, 0.2) is 53.1 Å². The van der Waals surface area contributed by atoms with Crippen molar-refractivity contribution < 1.29 is 14.4 Å². The minimum Gasteiger partial charge on any atom is -0.392 e. The van der Waals surface area contributed by atoms with Crippen molar-refractivity contribution >= 4 is 23.2 Å². The lowest BCUT2D eigenvalue weighted by Gasteiger charge is -2.08. The summed E-state index contributed by atoms with van der Waals surface area (Å²) in [5.74, 6) is -0.312. The number of hydrogen-bond acceptors (Lipinski definition) is 4. The third-order valence-corrected chi connectivity index (χ3v) is 3.82. The van der Waals surface area contributed by atoms with Crippen LogP contribution in [0, 0.1) is 6.92 Å². The fraction of sp³-hybridized carbons (Fsp3) is 0.111. The molecule has 0 spiro atoms. The number of aliphatic hydroxyl groups is 1. The van der Waals surface area contributed by atoms with Crippen molar-refractivity contribution in [3.63, 3.8) is 0 Å². The second-order valence-corrected chi connectivity index (χ2v) is 5.78. The number of hydrogen-bond donors (Lipinski definition) is 2. The van der Waals surface area contributed by atoms with E-state index in [4.69, 9.17) is 16.1 Å². The molecule has 0 unspecified atom stereocenters. The van der Waals surface area contributed by atoms with E-state index in [2.05, 4.69) is 10.5 Å². The molecule has 2 aromatic carbocycles. The molecule has 0 fully saturated rings. The van der Waals surface area contributed by atoms with Gasteiger partial charge in [-0.05, 0) is 36.2 Å². The predicted octanol–water partition coefficient (Wildman–Crippen LogP) is 4.05. The van der Waals surface area contributed by atoms with Crippen molar-refractivity contribution in [2.75, 3.05) is 5.32 Å². The number of carbonyl (C=O) groups excluding carboxylic acids is 1. The Morgan fingerprint density at radius 3 is 2.83 bits per heavy atom. The summed E-state index contributed by atoms with van der Waals surface area (Å²) >= 11 is 5.96. The third-order valence-electron chi connectivity index (χ3n) is 3.59. The second-order valence-electron chi connectivity index (χ2n) is 5.35. The predicted molar refractivity (Wildman–Crippen MR) is 92.0 cm³/mol. The summed E-state index contributed by atoms with van der Waals surface area (Å²) in [6.07, 6.45) is 0. The van der Waals surface area contributed by atoms with Crippen LogP contribution in [0.3, 0.4) is 0 Å². The van der Waals surface area contributed by atoms with Gasteiger partial charge in [0.15, 0.2) is 0 Å². The number of rotatable bonds is 4. The largest absolute Gasteiger partial charge is 0.392 e. The highest BCUT2D eigenvalue weighted by Crippen LogP contribution is 2.23. The molecule has 1 aromatic heterocycles. The molecule has 24 heavy (non-hydrogen) atoms. The highest BCUT2D eigenvalue weighted by molar-refractivity contribution is 6.30. The van der Waals surface area contributed by atoms with Crippen LogP contribution < -0.4 is 5.32 Å². The van der Waals surface area contributed by atoms with Crippen molar-refractivity contribution in [2.24, 2.45) is 0 Å². The van der Waals surface area contributed by atoms with Crippen molar-refractivity contribution in [1.82, 2.24) is 5.16 Å². The van der Waals surface area contributed by atoms with Gasteiger partial charge in [-0.25, -0.2) is 0 Å². The molecule has 3 aromatic rings. The number of carbonyl (C=O) groups is 1. The standard InChI is InChI=1S/C18H15ClN2O3/c1-11-5-6-12(10-22)7-15(11)20-18(23)17-9-16(21-24-17)13-3-2-4-14(19)8-13/h2-9,22H,10H2,1H3,(H,20,23). The molecule has 0 atom stereocenters. The first kappa shape index (κ1) is 16.2. The van der Waals surface area contributed by atoms with Crippen molar-refractivity contribution in [2.45, 2.75) is 13.5 Å². The molecule has 0 aliphatic rings. The summed E-state index contributed by atoms with van der Waals surface area (Å²) in [5.41, 5.74) is 3.52. The number of anilines is 1. The molecule has 0 saturated heterocycles. The van der Waals surface area contributed by atoms with Gasteiger partial charge >= 0.3 is 0 Å². The first-order chi connectivity index (χ1) is 11.6. The van der Waals surface area contributed by atoms with E-state index >= 15 is 0 Å². The number of aliphatic hydroxyl groups excluding tert-OH is 1. The molecule has 0 aliphatic heterocycles. The molecule has 3 rings (SSSR count). The highest BCUT2D eigenvalue weighted by Gasteiger charge is 2.15.